The maximum Gasteiger partial charge on any atom is 0.243 e. The largest absolute Gasteiger partial charge is 0.497 e. The number of benzene rings is 2. The highest BCUT2D eigenvalue weighted by molar-refractivity contribution is 6.02. The zero-order valence-electron chi connectivity index (χ0n) is 16.8. The van der Waals surface area contributed by atoms with Gasteiger partial charge in [-0.25, -0.2) is 0 Å². The number of methoxy groups -OCH3 is 1. The van der Waals surface area contributed by atoms with Crippen LogP contribution in [0.5, 0.6) is 5.75 Å². The van der Waals surface area contributed by atoms with Crippen LogP contribution < -0.4 is 20.3 Å². The highest BCUT2D eigenvalue weighted by atomic mass is 16.5. The standard InChI is InChI=1S/C22H23N3O5/c1-14(26)15-4-3-5-17(10-15)24-20(27)12-23-22(29)16-11-21(28)25(13-16)18-6-8-19(30-2)9-7-18/h3-10,16H,11-13H2,1-2H3,(H,23,29)(H,24,27). The van der Waals surface area contributed by atoms with E-state index in [1.807, 2.05) is 0 Å². The lowest BCUT2D eigenvalue weighted by atomic mass is 10.1. The van der Waals surface area contributed by atoms with E-state index >= 15 is 0 Å². The van der Waals surface area contributed by atoms with Gasteiger partial charge in [-0.05, 0) is 43.3 Å². The molecule has 8 nitrogen and oxygen atoms in total. The second-order valence-electron chi connectivity index (χ2n) is 7.01. The molecule has 2 N–H and O–H groups in total. The summed E-state index contributed by atoms with van der Waals surface area (Å²) in [6.45, 7) is 1.47. The predicted octanol–water partition coefficient (Wildman–Crippen LogP) is 2.01. The van der Waals surface area contributed by atoms with E-state index in [0.717, 1.165) is 0 Å². The van der Waals surface area contributed by atoms with Gasteiger partial charge in [0.1, 0.15) is 5.75 Å². The minimum absolute atomic E-state index is 0.0835. The van der Waals surface area contributed by atoms with Crippen molar-refractivity contribution in [3.8, 4) is 5.75 Å². The Morgan fingerprint density at radius 2 is 1.87 bits per heavy atom. The number of hydrogen-bond donors (Lipinski definition) is 2. The fourth-order valence-corrected chi connectivity index (χ4v) is 3.23. The van der Waals surface area contributed by atoms with Crippen molar-refractivity contribution in [2.75, 3.05) is 30.4 Å². The van der Waals surface area contributed by atoms with E-state index in [4.69, 9.17) is 4.74 Å². The van der Waals surface area contributed by atoms with Crippen LogP contribution in [-0.2, 0) is 14.4 Å². The molecule has 1 heterocycles. The van der Waals surface area contributed by atoms with E-state index in [9.17, 15) is 19.2 Å². The van der Waals surface area contributed by atoms with Crippen molar-refractivity contribution >= 4 is 34.9 Å². The van der Waals surface area contributed by atoms with Crippen molar-refractivity contribution < 1.29 is 23.9 Å². The number of amides is 3. The number of anilines is 2. The van der Waals surface area contributed by atoms with Gasteiger partial charge in [0.15, 0.2) is 5.78 Å². The molecule has 1 unspecified atom stereocenters. The maximum atomic E-state index is 12.4. The smallest absolute Gasteiger partial charge is 0.243 e. The molecule has 2 aromatic carbocycles. The molecule has 0 aliphatic carbocycles. The molecule has 30 heavy (non-hydrogen) atoms. The third-order valence-corrected chi connectivity index (χ3v) is 4.86. The molecular weight excluding hydrogens is 386 g/mol. The van der Waals surface area contributed by atoms with Crippen LogP contribution >= 0.6 is 0 Å². The summed E-state index contributed by atoms with van der Waals surface area (Å²) in [6.07, 6.45) is 0.0835. The van der Waals surface area contributed by atoms with Crippen molar-refractivity contribution in [3.63, 3.8) is 0 Å². The van der Waals surface area contributed by atoms with Crippen molar-refractivity contribution in [1.82, 2.24) is 5.32 Å². The minimum atomic E-state index is -0.534. The fraction of sp³-hybridized carbons (Fsp3) is 0.273. The first-order valence-electron chi connectivity index (χ1n) is 9.50. The third kappa shape index (κ3) is 5.02. The van der Waals surface area contributed by atoms with E-state index in [1.165, 1.54) is 6.92 Å². The van der Waals surface area contributed by atoms with Gasteiger partial charge in [0, 0.05) is 29.9 Å². The number of ketones is 1. The van der Waals surface area contributed by atoms with Gasteiger partial charge >= 0.3 is 0 Å². The predicted molar refractivity (Wildman–Crippen MR) is 112 cm³/mol. The number of carbonyl (C=O) groups excluding carboxylic acids is 4. The Bertz CT molecular complexity index is 971. The Kier molecular flexibility index (Phi) is 6.46. The maximum absolute atomic E-state index is 12.4. The second-order valence-corrected chi connectivity index (χ2v) is 7.01. The Hall–Kier alpha value is -3.68. The molecule has 1 aliphatic heterocycles. The molecule has 3 amide bonds. The Morgan fingerprint density at radius 3 is 2.53 bits per heavy atom. The molecule has 8 heteroatoms. The van der Waals surface area contributed by atoms with Crippen LogP contribution in [0.2, 0.25) is 0 Å². The van der Waals surface area contributed by atoms with E-state index in [-0.39, 0.29) is 37.1 Å². The highest BCUT2D eigenvalue weighted by Crippen LogP contribution is 2.26. The van der Waals surface area contributed by atoms with Gasteiger partial charge in [-0.15, -0.1) is 0 Å². The van der Waals surface area contributed by atoms with Crippen molar-refractivity contribution in [2.45, 2.75) is 13.3 Å². The molecule has 3 rings (SSSR count). The van der Waals surface area contributed by atoms with Gasteiger partial charge in [0.2, 0.25) is 17.7 Å². The van der Waals surface area contributed by atoms with Crippen LogP contribution in [-0.4, -0.2) is 43.7 Å². The summed E-state index contributed by atoms with van der Waals surface area (Å²) in [5, 5.41) is 5.22. The number of carbonyl (C=O) groups is 4. The Labute approximate surface area is 174 Å². The van der Waals surface area contributed by atoms with Gasteiger partial charge in [-0.1, -0.05) is 12.1 Å². The number of Topliss-reactive ketones (excluding diaryl/α,β-unsaturated/α-hetero) is 1. The fourth-order valence-electron chi connectivity index (χ4n) is 3.23. The summed E-state index contributed by atoms with van der Waals surface area (Å²) in [4.78, 5) is 49.9. The summed E-state index contributed by atoms with van der Waals surface area (Å²) in [6, 6.07) is 13.6. The average Bonchev–Trinajstić information content (AvgIpc) is 3.14. The summed E-state index contributed by atoms with van der Waals surface area (Å²) < 4.78 is 5.11. The van der Waals surface area contributed by atoms with Crippen molar-refractivity contribution in [1.29, 1.82) is 0 Å². The van der Waals surface area contributed by atoms with Crippen LogP contribution in [0.1, 0.15) is 23.7 Å². The van der Waals surface area contributed by atoms with Crippen LogP contribution in [0, 0.1) is 5.92 Å². The summed E-state index contributed by atoms with van der Waals surface area (Å²) in [7, 11) is 1.56. The number of rotatable bonds is 7. The molecule has 1 atom stereocenters. The molecule has 156 valence electrons. The molecule has 0 bridgehead atoms. The molecule has 0 saturated carbocycles. The molecule has 0 radical (unpaired) electrons. The quantitative estimate of drug-likeness (QED) is 0.681. The Morgan fingerprint density at radius 1 is 1.13 bits per heavy atom. The van der Waals surface area contributed by atoms with E-state index in [0.29, 0.717) is 22.7 Å². The normalized spacial score (nSPS) is 15.6. The van der Waals surface area contributed by atoms with E-state index < -0.39 is 11.8 Å². The minimum Gasteiger partial charge on any atom is -0.497 e. The van der Waals surface area contributed by atoms with Gasteiger partial charge < -0.3 is 20.3 Å². The SMILES string of the molecule is COc1ccc(N2CC(C(=O)NCC(=O)Nc3cccc(C(C)=O)c3)CC2=O)cc1. The lowest BCUT2D eigenvalue weighted by Crippen LogP contribution is -2.37. The first-order chi connectivity index (χ1) is 14.4. The molecule has 1 aliphatic rings. The lowest BCUT2D eigenvalue weighted by Gasteiger charge is -2.17. The van der Waals surface area contributed by atoms with Crippen LogP contribution in [0.4, 0.5) is 11.4 Å². The lowest BCUT2D eigenvalue weighted by molar-refractivity contribution is -0.127. The first kappa shape index (κ1) is 21.0. The highest BCUT2D eigenvalue weighted by Gasteiger charge is 2.35. The first-order valence-corrected chi connectivity index (χ1v) is 9.50. The van der Waals surface area contributed by atoms with Crippen LogP contribution in [0.3, 0.4) is 0 Å². The molecule has 0 spiro atoms. The van der Waals surface area contributed by atoms with Crippen LogP contribution in [0.15, 0.2) is 48.5 Å². The number of ether oxygens (including phenoxy) is 1. The van der Waals surface area contributed by atoms with Crippen molar-refractivity contribution in [2.24, 2.45) is 5.92 Å². The summed E-state index contributed by atoms with van der Waals surface area (Å²) in [5.74, 6) is -0.877. The monoisotopic (exact) mass is 409 g/mol. The van der Waals surface area contributed by atoms with Crippen molar-refractivity contribution in [3.05, 3.63) is 54.1 Å². The molecule has 2 aromatic rings. The average molecular weight is 409 g/mol. The zero-order chi connectivity index (χ0) is 21.7. The van der Waals surface area contributed by atoms with Gasteiger partial charge in [-0.3, -0.25) is 19.2 Å². The topological polar surface area (TPSA) is 105 Å². The third-order valence-electron chi connectivity index (χ3n) is 4.86. The summed E-state index contributed by atoms with van der Waals surface area (Å²) >= 11 is 0. The number of hydrogen-bond acceptors (Lipinski definition) is 5. The summed E-state index contributed by atoms with van der Waals surface area (Å²) in [5.41, 5.74) is 1.66. The van der Waals surface area contributed by atoms with E-state index in [1.54, 1.807) is 60.5 Å². The molecule has 1 saturated heterocycles. The number of nitrogens with one attached hydrogen (secondary N) is 2. The molecule has 0 aromatic heterocycles. The number of nitrogens with zero attached hydrogens (tertiary/aromatic N) is 1. The molecule has 1 fully saturated rings. The Balaban J connectivity index is 1.52. The second kappa shape index (κ2) is 9.21. The van der Waals surface area contributed by atoms with E-state index in [2.05, 4.69) is 10.6 Å². The van der Waals surface area contributed by atoms with Gasteiger partial charge in [0.25, 0.3) is 0 Å². The molecular formula is C22H23N3O5. The van der Waals surface area contributed by atoms with Gasteiger partial charge in [0.05, 0.1) is 19.6 Å². The zero-order valence-corrected chi connectivity index (χ0v) is 16.8. The van der Waals surface area contributed by atoms with Gasteiger partial charge in [-0.2, -0.15) is 0 Å². The van der Waals surface area contributed by atoms with Crippen LogP contribution in [0.25, 0.3) is 0 Å².